The summed E-state index contributed by atoms with van der Waals surface area (Å²) in [4.78, 5) is 8.79. The summed E-state index contributed by atoms with van der Waals surface area (Å²) >= 11 is 0. The van der Waals surface area contributed by atoms with Crippen molar-refractivity contribution in [3.63, 3.8) is 0 Å². The number of hydrogen-bond donors (Lipinski definition) is 0. The van der Waals surface area contributed by atoms with Crippen LogP contribution in [0.25, 0.3) is 11.0 Å². The van der Waals surface area contributed by atoms with Gasteiger partial charge in [-0.25, -0.2) is 9.97 Å². The summed E-state index contributed by atoms with van der Waals surface area (Å²) < 4.78 is 0. The molecule has 0 bridgehead atoms. The highest BCUT2D eigenvalue weighted by molar-refractivity contribution is 6.33. The van der Waals surface area contributed by atoms with Gasteiger partial charge in [0.2, 0.25) is 0 Å². The fraction of sp³-hybridized carbons (Fsp3) is 0.200. The van der Waals surface area contributed by atoms with E-state index in [1.165, 1.54) is 0 Å². The lowest BCUT2D eigenvalue weighted by molar-refractivity contribution is 1.10. The zero-order valence-electron chi connectivity index (χ0n) is 7.70. The Balaban J connectivity index is 2.81. The molecule has 0 amide bonds. The number of rotatable bonds is 0. The molecule has 2 aromatic rings. The third-order valence-corrected chi connectivity index (χ3v) is 2.10. The molecule has 0 aliphatic rings. The predicted octanol–water partition coefficient (Wildman–Crippen LogP) is 1.04. The van der Waals surface area contributed by atoms with Gasteiger partial charge < -0.3 is 0 Å². The minimum absolute atomic E-state index is 0.727. The Morgan fingerprint density at radius 2 is 1.62 bits per heavy atom. The SMILES string of the molecule is [B]c1ccc2nc(C)c(C)nc2c1. The van der Waals surface area contributed by atoms with Crippen molar-refractivity contribution >= 4 is 24.3 Å². The highest BCUT2D eigenvalue weighted by Gasteiger charge is 2.00. The molecule has 0 aliphatic carbocycles. The molecule has 2 radical (unpaired) electrons. The summed E-state index contributed by atoms with van der Waals surface area (Å²) in [5.41, 5.74) is 4.42. The van der Waals surface area contributed by atoms with Gasteiger partial charge in [-0.3, -0.25) is 0 Å². The van der Waals surface area contributed by atoms with Gasteiger partial charge in [-0.15, -0.1) is 0 Å². The van der Waals surface area contributed by atoms with E-state index in [9.17, 15) is 0 Å². The minimum Gasteiger partial charge on any atom is -0.250 e. The van der Waals surface area contributed by atoms with E-state index in [-0.39, 0.29) is 0 Å². The second-order valence-corrected chi connectivity index (χ2v) is 3.14. The summed E-state index contributed by atoms with van der Waals surface area (Å²) in [5, 5.41) is 0. The first-order chi connectivity index (χ1) is 6.16. The first kappa shape index (κ1) is 8.23. The second-order valence-electron chi connectivity index (χ2n) is 3.14. The van der Waals surface area contributed by atoms with Crippen LogP contribution in [0.1, 0.15) is 11.4 Å². The van der Waals surface area contributed by atoms with Crippen molar-refractivity contribution in [1.82, 2.24) is 9.97 Å². The van der Waals surface area contributed by atoms with Crippen molar-refractivity contribution < 1.29 is 0 Å². The first-order valence-corrected chi connectivity index (χ1v) is 4.17. The Bertz CT molecular complexity index is 466. The Kier molecular flexibility index (Phi) is 1.80. The maximum Gasteiger partial charge on any atom is 0.113 e. The maximum atomic E-state index is 5.64. The molecule has 0 spiro atoms. The molecule has 1 heterocycles. The van der Waals surface area contributed by atoms with E-state index in [2.05, 4.69) is 9.97 Å². The molecule has 62 valence electrons. The van der Waals surface area contributed by atoms with Crippen molar-refractivity contribution in [3.8, 4) is 0 Å². The number of hydrogen-bond acceptors (Lipinski definition) is 2. The van der Waals surface area contributed by atoms with Crippen LogP contribution in [0.15, 0.2) is 18.2 Å². The summed E-state index contributed by atoms with van der Waals surface area (Å²) in [6, 6.07) is 5.57. The van der Waals surface area contributed by atoms with Crippen LogP contribution < -0.4 is 5.46 Å². The Hall–Kier alpha value is -1.38. The number of fused-ring (bicyclic) bond motifs is 1. The molecule has 0 fully saturated rings. The molecule has 0 saturated heterocycles. The third kappa shape index (κ3) is 1.42. The fourth-order valence-electron chi connectivity index (χ4n) is 1.25. The number of aryl methyl sites for hydroxylation is 2. The van der Waals surface area contributed by atoms with Gasteiger partial charge in [0.15, 0.2) is 0 Å². The van der Waals surface area contributed by atoms with Gasteiger partial charge >= 0.3 is 0 Å². The number of aromatic nitrogens is 2. The zero-order valence-corrected chi connectivity index (χ0v) is 7.70. The van der Waals surface area contributed by atoms with Gasteiger partial charge in [0.25, 0.3) is 0 Å². The minimum atomic E-state index is 0.727. The lowest BCUT2D eigenvalue weighted by Gasteiger charge is -2.02. The van der Waals surface area contributed by atoms with E-state index >= 15 is 0 Å². The number of benzene rings is 1. The molecule has 2 rings (SSSR count). The van der Waals surface area contributed by atoms with Crippen molar-refractivity contribution in [1.29, 1.82) is 0 Å². The summed E-state index contributed by atoms with van der Waals surface area (Å²) in [7, 11) is 5.64. The molecule has 0 atom stereocenters. The molecule has 0 unspecified atom stereocenters. The second kappa shape index (κ2) is 2.84. The van der Waals surface area contributed by atoms with E-state index in [1.54, 1.807) is 0 Å². The van der Waals surface area contributed by atoms with Crippen LogP contribution in [0, 0.1) is 13.8 Å². The van der Waals surface area contributed by atoms with Gasteiger partial charge in [0, 0.05) is 0 Å². The highest BCUT2D eigenvalue weighted by atomic mass is 14.8. The first-order valence-electron chi connectivity index (χ1n) is 4.17. The Labute approximate surface area is 78.4 Å². The quantitative estimate of drug-likeness (QED) is 0.549. The Morgan fingerprint density at radius 1 is 1.00 bits per heavy atom. The third-order valence-electron chi connectivity index (χ3n) is 2.10. The smallest absolute Gasteiger partial charge is 0.113 e. The van der Waals surface area contributed by atoms with E-state index < -0.39 is 0 Å². The van der Waals surface area contributed by atoms with Crippen molar-refractivity contribution in [3.05, 3.63) is 29.6 Å². The molecule has 1 aromatic carbocycles. The van der Waals surface area contributed by atoms with E-state index in [0.717, 1.165) is 27.9 Å². The molecule has 2 nitrogen and oxygen atoms in total. The molecular formula is C10H9BN2. The molecule has 3 heteroatoms. The average Bonchev–Trinajstić information content (AvgIpc) is 2.08. The largest absolute Gasteiger partial charge is 0.250 e. The van der Waals surface area contributed by atoms with Crippen LogP contribution in [0.3, 0.4) is 0 Å². The van der Waals surface area contributed by atoms with Gasteiger partial charge in [-0.2, -0.15) is 0 Å². The zero-order chi connectivity index (χ0) is 9.42. The van der Waals surface area contributed by atoms with Crippen molar-refractivity contribution in [2.45, 2.75) is 13.8 Å². The molecule has 0 saturated carbocycles. The Morgan fingerprint density at radius 3 is 2.31 bits per heavy atom. The maximum absolute atomic E-state index is 5.64. The van der Waals surface area contributed by atoms with Crippen LogP contribution in [-0.4, -0.2) is 17.8 Å². The predicted molar refractivity (Wildman–Crippen MR) is 54.4 cm³/mol. The van der Waals surface area contributed by atoms with E-state index in [1.807, 2.05) is 32.0 Å². The summed E-state index contributed by atoms with van der Waals surface area (Å²) in [5.74, 6) is 0. The van der Waals surface area contributed by atoms with Gasteiger partial charge in [-0.05, 0) is 26.0 Å². The summed E-state index contributed by atoms with van der Waals surface area (Å²) in [6.45, 7) is 3.91. The van der Waals surface area contributed by atoms with Gasteiger partial charge in [0.05, 0.1) is 22.4 Å². The van der Waals surface area contributed by atoms with Crippen molar-refractivity contribution in [2.75, 3.05) is 0 Å². The highest BCUT2D eigenvalue weighted by Crippen LogP contribution is 2.09. The van der Waals surface area contributed by atoms with Crippen LogP contribution in [-0.2, 0) is 0 Å². The molecule has 0 aliphatic heterocycles. The fourth-order valence-corrected chi connectivity index (χ4v) is 1.25. The van der Waals surface area contributed by atoms with Crippen LogP contribution in [0.4, 0.5) is 0 Å². The topological polar surface area (TPSA) is 25.8 Å². The van der Waals surface area contributed by atoms with Gasteiger partial charge in [-0.1, -0.05) is 11.5 Å². The van der Waals surface area contributed by atoms with Crippen LogP contribution in [0.2, 0.25) is 0 Å². The van der Waals surface area contributed by atoms with E-state index in [4.69, 9.17) is 7.85 Å². The van der Waals surface area contributed by atoms with Gasteiger partial charge in [0.1, 0.15) is 7.85 Å². The summed E-state index contributed by atoms with van der Waals surface area (Å²) in [6.07, 6.45) is 0. The molecular weight excluding hydrogens is 159 g/mol. The lowest BCUT2D eigenvalue weighted by Crippen LogP contribution is -2.02. The van der Waals surface area contributed by atoms with Crippen molar-refractivity contribution in [2.24, 2.45) is 0 Å². The monoisotopic (exact) mass is 168 g/mol. The van der Waals surface area contributed by atoms with Crippen LogP contribution in [0.5, 0.6) is 0 Å². The van der Waals surface area contributed by atoms with E-state index in [0.29, 0.717) is 0 Å². The lowest BCUT2D eigenvalue weighted by atomic mass is 9.96. The molecule has 1 aromatic heterocycles. The molecule has 0 N–H and O–H groups in total. The normalized spacial score (nSPS) is 10.6. The standard InChI is InChI=1S/C10H9BN2/c1-6-7(2)13-10-5-8(11)3-4-9(10)12-6/h3-5H,1-2H3. The molecule has 13 heavy (non-hydrogen) atoms. The van der Waals surface area contributed by atoms with Crippen LogP contribution >= 0.6 is 0 Å². The number of nitrogens with zero attached hydrogens (tertiary/aromatic N) is 2. The average molecular weight is 168 g/mol.